The number of hydrogen-bond acceptors (Lipinski definition) is 5. The summed E-state index contributed by atoms with van der Waals surface area (Å²) in [4.78, 5) is 15.3. The Morgan fingerprint density at radius 2 is 2.11 bits per heavy atom. The van der Waals surface area contributed by atoms with E-state index in [4.69, 9.17) is 14.7 Å². The molecule has 5 rings (SSSR count). The fourth-order valence-corrected chi connectivity index (χ4v) is 4.46. The summed E-state index contributed by atoms with van der Waals surface area (Å²) in [5.74, 6) is 1.50. The van der Waals surface area contributed by atoms with Crippen molar-refractivity contribution in [2.75, 3.05) is 30.9 Å². The molecule has 0 amide bonds. The lowest BCUT2D eigenvalue weighted by Crippen LogP contribution is -2.44. The van der Waals surface area contributed by atoms with E-state index in [1.54, 1.807) is 10.2 Å². The normalized spacial score (nSPS) is 18.8. The Morgan fingerprint density at radius 3 is 2.93 bits per heavy atom. The number of nitrogens with zero attached hydrogens (tertiary/aromatic N) is 4. The minimum Gasteiger partial charge on any atom is -0.593 e. The zero-order chi connectivity index (χ0) is 19.3. The van der Waals surface area contributed by atoms with Crippen LogP contribution in [0.15, 0.2) is 42.7 Å². The summed E-state index contributed by atoms with van der Waals surface area (Å²) in [7, 11) is 0. The Kier molecular flexibility index (Phi) is 4.26. The van der Waals surface area contributed by atoms with Crippen molar-refractivity contribution in [3.8, 4) is 11.4 Å². The molecule has 1 aliphatic heterocycles. The predicted octanol–water partition coefficient (Wildman–Crippen LogP) is 2.95. The minimum atomic E-state index is -1.20. The molecular weight excluding hydrogens is 374 g/mol. The molecule has 0 bridgehead atoms. The first-order valence-corrected chi connectivity index (χ1v) is 10.8. The summed E-state index contributed by atoms with van der Waals surface area (Å²) in [5.41, 5.74) is 2.68. The summed E-state index contributed by atoms with van der Waals surface area (Å²) in [6, 6.07) is 10.3. The molecule has 7 nitrogen and oxygen atoms in total. The number of anilines is 1. The average molecular weight is 395 g/mol. The van der Waals surface area contributed by atoms with E-state index in [2.05, 4.69) is 16.8 Å². The lowest BCUT2D eigenvalue weighted by Gasteiger charge is -2.34. The number of rotatable bonds is 3. The SMILES string of the molecule is CC1COCCN1c1nc(-c2cccc3[nH]ccc23)nc2c1ccn2[S+](C)[O-]. The summed E-state index contributed by atoms with van der Waals surface area (Å²) < 4.78 is 19.6. The Labute approximate surface area is 165 Å². The number of H-pyrrole nitrogens is 1. The lowest BCUT2D eigenvalue weighted by molar-refractivity contribution is 0.0987. The van der Waals surface area contributed by atoms with E-state index in [1.165, 1.54) is 0 Å². The fraction of sp³-hybridized carbons (Fsp3) is 0.300. The Balaban J connectivity index is 1.78. The van der Waals surface area contributed by atoms with Crippen LogP contribution in [0.4, 0.5) is 5.82 Å². The third-order valence-electron chi connectivity index (χ3n) is 5.24. The number of hydrogen-bond donors (Lipinski definition) is 1. The maximum absolute atomic E-state index is 12.3. The van der Waals surface area contributed by atoms with E-state index in [9.17, 15) is 4.55 Å². The van der Waals surface area contributed by atoms with Crippen LogP contribution in [0.3, 0.4) is 0 Å². The van der Waals surface area contributed by atoms with Crippen LogP contribution in [0.25, 0.3) is 33.3 Å². The maximum atomic E-state index is 12.3. The van der Waals surface area contributed by atoms with Crippen molar-refractivity contribution < 1.29 is 9.29 Å². The smallest absolute Gasteiger partial charge is 0.191 e. The van der Waals surface area contributed by atoms with Crippen LogP contribution in [0.2, 0.25) is 0 Å². The zero-order valence-corrected chi connectivity index (χ0v) is 16.6. The predicted molar refractivity (Wildman–Crippen MR) is 112 cm³/mol. The number of fused-ring (bicyclic) bond motifs is 2. The molecule has 28 heavy (non-hydrogen) atoms. The molecule has 144 valence electrons. The third kappa shape index (κ3) is 2.76. The van der Waals surface area contributed by atoms with Gasteiger partial charge in [-0.1, -0.05) is 12.1 Å². The highest BCUT2D eigenvalue weighted by atomic mass is 32.2. The molecule has 1 N–H and O–H groups in total. The van der Waals surface area contributed by atoms with Crippen molar-refractivity contribution in [1.29, 1.82) is 0 Å². The van der Waals surface area contributed by atoms with Crippen LogP contribution in [0, 0.1) is 0 Å². The van der Waals surface area contributed by atoms with Crippen LogP contribution in [0.1, 0.15) is 6.92 Å². The van der Waals surface area contributed by atoms with Crippen molar-refractivity contribution in [2.24, 2.45) is 0 Å². The second-order valence-electron chi connectivity index (χ2n) is 7.04. The summed E-state index contributed by atoms with van der Waals surface area (Å²) in [6.07, 6.45) is 5.40. The van der Waals surface area contributed by atoms with E-state index in [0.717, 1.165) is 34.2 Å². The first kappa shape index (κ1) is 17.5. The first-order chi connectivity index (χ1) is 13.6. The monoisotopic (exact) mass is 395 g/mol. The number of benzene rings is 1. The van der Waals surface area contributed by atoms with E-state index in [0.29, 0.717) is 24.7 Å². The molecule has 0 spiro atoms. The number of morpholine rings is 1. The van der Waals surface area contributed by atoms with Crippen molar-refractivity contribution in [3.05, 3.63) is 42.7 Å². The highest BCUT2D eigenvalue weighted by Gasteiger charge is 2.26. The standard InChI is InChI=1S/C20H21N5O2S/c1-13-12-27-11-10-24(13)19-16-7-9-25(28(2)26)20(16)23-18(22-19)15-4-3-5-17-14(15)6-8-21-17/h3-9,13,21H,10-12H2,1-2H3. The summed E-state index contributed by atoms with van der Waals surface area (Å²) in [6.45, 7) is 4.23. The number of nitrogens with one attached hydrogen (secondary N) is 1. The highest BCUT2D eigenvalue weighted by molar-refractivity contribution is 7.89. The molecule has 1 fully saturated rings. The van der Waals surface area contributed by atoms with Crippen molar-refractivity contribution in [3.63, 3.8) is 0 Å². The summed E-state index contributed by atoms with van der Waals surface area (Å²) in [5, 5.41) is 1.98. The maximum Gasteiger partial charge on any atom is 0.191 e. The van der Waals surface area contributed by atoms with Crippen LogP contribution in [-0.2, 0) is 16.1 Å². The molecule has 1 saturated heterocycles. The lowest BCUT2D eigenvalue weighted by atomic mass is 10.1. The molecule has 4 aromatic rings. The molecule has 1 aliphatic rings. The molecule has 3 aromatic heterocycles. The van der Waals surface area contributed by atoms with Gasteiger partial charge in [0.1, 0.15) is 12.1 Å². The largest absolute Gasteiger partial charge is 0.593 e. The van der Waals surface area contributed by atoms with Gasteiger partial charge < -0.3 is 19.2 Å². The van der Waals surface area contributed by atoms with E-state index >= 15 is 0 Å². The molecule has 8 heteroatoms. The minimum absolute atomic E-state index is 0.207. The molecule has 0 saturated carbocycles. The Hall–Kier alpha value is -2.55. The van der Waals surface area contributed by atoms with Gasteiger partial charge >= 0.3 is 0 Å². The van der Waals surface area contributed by atoms with Crippen LogP contribution in [0.5, 0.6) is 0 Å². The second-order valence-corrected chi connectivity index (χ2v) is 8.28. The molecule has 2 atom stereocenters. The quantitative estimate of drug-likeness (QED) is 0.540. The van der Waals surface area contributed by atoms with E-state index in [1.807, 2.05) is 42.7 Å². The van der Waals surface area contributed by atoms with E-state index in [-0.39, 0.29) is 6.04 Å². The van der Waals surface area contributed by atoms with Gasteiger partial charge in [0, 0.05) is 29.2 Å². The number of ether oxygens (including phenoxy) is 1. The van der Waals surface area contributed by atoms with Gasteiger partial charge in [0.15, 0.2) is 11.5 Å². The average Bonchev–Trinajstić information content (AvgIpc) is 3.34. The van der Waals surface area contributed by atoms with Crippen molar-refractivity contribution >= 4 is 39.1 Å². The van der Waals surface area contributed by atoms with Gasteiger partial charge in [-0.05, 0) is 25.1 Å². The molecule has 0 aliphatic carbocycles. The second kappa shape index (κ2) is 6.80. The summed E-state index contributed by atoms with van der Waals surface area (Å²) >= 11 is -1.20. The van der Waals surface area contributed by atoms with Gasteiger partial charge in [0.25, 0.3) is 0 Å². The molecular formula is C20H21N5O2S. The van der Waals surface area contributed by atoms with Crippen LogP contribution in [-0.4, -0.2) is 55.5 Å². The van der Waals surface area contributed by atoms with Gasteiger partial charge in [0.05, 0.1) is 42.2 Å². The van der Waals surface area contributed by atoms with Crippen molar-refractivity contribution in [2.45, 2.75) is 13.0 Å². The molecule has 2 unspecified atom stereocenters. The van der Waals surface area contributed by atoms with Gasteiger partial charge in [0.2, 0.25) is 0 Å². The molecule has 4 heterocycles. The topological polar surface area (TPSA) is 82.0 Å². The zero-order valence-electron chi connectivity index (χ0n) is 15.8. The molecule has 0 radical (unpaired) electrons. The van der Waals surface area contributed by atoms with Crippen molar-refractivity contribution in [1.82, 2.24) is 18.9 Å². The van der Waals surface area contributed by atoms with Crippen LogP contribution < -0.4 is 4.90 Å². The van der Waals surface area contributed by atoms with Gasteiger partial charge in [-0.25, -0.2) is 9.97 Å². The van der Waals surface area contributed by atoms with Gasteiger partial charge in [-0.15, -0.1) is 0 Å². The van der Waals surface area contributed by atoms with Crippen LogP contribution >= 0.6 is 0 Å². The Bertz CT molecular complexity index is 1150. The molecule has 1 aromatic carbocycles. The van der Waals surface area contributed by atoms with E-state index < -0.39 is 11.4 Å². The number of aromatic amines is 1. The fourth-order valence-electron chi connectivity index (χ4n) is 3.85. The van der Waals surface area contributed by atoms with Gasteiger partial charge in [-0.3, -0.25) is 0 Å². The highest BCUT2D eigenvalue weighted by Crippen LogP contribution is 2.33. The third-order valence-corrected chi connectivity index (χ3v) is 6.09. The number of aromatic nitrogens is 4. The van der Waals surface area contributed by atoms with Gasteiger partial charge in [-0.2, -0.15) is 3.97 Å². The first-order valence-electron chi connectivity index (χ1n) is 9.27. The Morgan fingerprint density at radius 1 is 1.21 bits per heavy atom.